The fraction of sp³-hybridized carbons (Fsp3) is 0.350. The zero-order chi connectivity index (χ0) is 19.0. The lowest BCUT2D eigenvalue weighted by atomic mass is 10.2. The van der Waals surface area contributed by atoms with Gasteiger partial charge in [0.25, 0.3) is 0 Å². The number of fused-ring (bicyclic) bond motifs is 3. The maximum atomic E-state index is 6.03. The monoisotopic (exact) mass is 379 g/mol. The van der Waals surface area contributed by atoms with Crippen LogP contribution in [0.15, 0.2) is 43.0 Å². The zero-order valence-corrected chi connectivity index (χ0v) is 17.3. The second-order valence-electron chi connectivity index (χ2n) is 8.14. The smallest absolute Gasteiger partial charge is 0.143 e. The molecular weight excluding hydrogens is 354 g/mol. The fourth-order valence-electron chi connectivity index (χ4n) is 3.19. The van der Waals surface area contributed by atoms with Gasteiger partial charge in [0.2, 0.25) is 0 Å². The lowest BCUT2D eigenvalue weighted by molar-refractivity contribution is 0.0925. The predicted molar refractivity (Wildman–Crippen MR) is 111 cm³/mol. The summed E-state index contributed by atoms with van der Waals surface area (Å²) in [5.74, 6) is 0. The van der Waals surface area contributed by atoms with Gasteiger partial charge in [-0.25, -0.2) is 4.98 Å². The van der Waals surface area contributed by atoms with E-state index >= 15 is 0 Å². The summed E-state index contributed by atoms with van der Waals surface area (Å²) in [6.45, 7) is 8.35. The molecule has 0 radical (unpaired) electrons. The Bertz CT molecular complexity index is 1090. The summed E-state index contributed by atoms with van der Waals surface area (Å²) >= 11 is 0. The van der Waals surface area contributed by atoms with E-state index in [1.54, 1.807) is 4.68 Å². The van der Waals surface area contributed by atoms with Crippen LogP contribution < -0.4 is 0 Å². The third-order valence-corrected chi connectivity index (χ3v) is 6.43. The van der Waals surface area contributed by atoms with Gasteiger partial charge in [-0.15, -0.1) is 0 Å². The summed E-state index contributed by atoms with van der Waals surface area (Å²) in [6, 6.07) is 7.37. The minimum absolute atomic E-state index is 0.486. The van der Waals surface area contributed by atoms with Crippen molar-refractivity contribution in [3.63, 3.8) is 0 Å². The molecule has 6 nitrogen and oxygen atoms in total. The Morgan fingerprint density at radius 2 is 1.93 bits per heavy atom. The molecule has 0 unspecified atom stereocenters. The number of aryl methyl sites for hydroxylation is 1. The van der Waals surface area contributed by atoms with E-state index < -0.39 is 8.07 Å². The Labute approximate surface area is 159 Å². The number of hydrogen-bond donors (Lipinski definition) is 0. The average molecular weight is 380 g/mol. The zero-order valence-electron chi connectivity index (χ0n) is 16.3. The van der Waals surface area contributed by atoms with Crippen molar-refractivity contribution in [3.8, 4) is 11.3 Å². The van der Waals surface area contributed by atoms with E-state index in [2.05, 4.69) is 46.4 Å². The molecule has 0 bridgehead atoms. The van der Waals surface area contributed by atoms with Gasteiger partial charge in [0.05, 0.1) is 23.6 Å². The van der Waals surface area contributed by atoms with Crippen molar-refractivity contribution in [2.45, 2.75) is 32.4 Å². The lowest BCUT2D eigenvalue weighted by Gasteiger charge is -2.16. The highest BCUT2D eigenvalue weighted by molar-refractivity contribution is 6.76. The van der Waals surface area contributed by atoms with Gasteiger partial charge in [-0.05, 0) is 24.2 Å². The maximum Gasteiger partial charge on any atom is 0.143 e. The van der Waals surface area contributed by atoms with E-state index in [9.17, 15) is 0 Å². The van der Waals surface area contributed by atoms with E-state index in [4.69, 9.17) is 9.72 Å². The molecule has 0 aromatic carbocycles. The molecule has 0 spiro atoms. The second kappa shape index (κ2) is 6.90. The van der Waals surface area contributed by atoms with Crippen LogP contribution in [0.5, 0.6) is 0 Å². The second-order valence-corrected chi connectivity index (χ2v) is 13.8. The lowest BCUT2D eigenvalue weighted by Crippen LogP contribution is -2.22. The normalized spacial score (nSPS) is 12.3. The molecule has 0 amide bonds. The molecule has 0 aliphatic carbocycles. The van der Waals surface area contributed by atoms with Crippen molar-refractivity contribution in [3.05, 3.63) is 43.0 Å². The Morgan fingerprint density at radius 1 is 1.07 bits per heavy atom. The van der Waals surface area contributed by atoms with E-state index in [0.717, 1.165) is 45.8 Å². The fourth-order valence-corrected chi connectivity index (χ4v) is 3.94. The van der Waals surface area contributed by atoms with Crippen molar-refractivity contribution >= 4 is 30.0 Å². The number of ether oxygens (including phenoxy) is 1. The van der Waals surface area contributed by atoms with Gasteiger partial charge >= 0.3 is 0 Å². The highest BCUT2D eigenvalue weighted by Gasteiger charge is 2.15. The Morgan fingerprint density at radius 3 is 2.67 bits per heavy atom. The summed E-state index contributed by atoms with van der Waals surface area (Å²) in [7, 11) is 0.805. The van der Waals surface area contributed by atoms with Crippen molar-refractivity contribution in [1.29, 1.82) is 0 Å². The summed E-state index contributed by atoms with van der Waals surface area (Å²) in [4.78, 5) is 9.24. The highest BCUT2D eigenvalue weighted by atomic mass is 28.3. The molecule has 4 heterocycles. The van der Waals surface area contributed by atoms with E-state index in [-0.39, 0.29) is 0 Å². The number of rotatable bonds is 6. The summed E-state index contributed by atoms with van der Waals surface area (Å²) in [5.41, 5.74) is 3.90. The van der Waals surface area contributed by atoms with Crippen LogP contribution in [-0.4, -0.2) is 39.0 Å². The molecule has 0 saturated carbocycles. The van der Waals surface area contributed by atoms with E-state index in [1.165, 1.54) is 0 Å². The molecule has 0 fully saturated rings. The molecule has 0 aliphatic heterocycles. The van der Waals surface area contributed by atoms with Crippen LogP contribution in [0.2, 0.25) is 25.7 Å². The molecule has 140 valence electrons. The summed E-state index contributed by atoms with van der Waals surface area (Å²) in [5, 5.41) is 6.53. The largest absolute Gasteiger partial charge is 0.361 e. The van der Waals surface area contributed by atoms with Gasteiger partial charge in [-0.2, -0.15) is 5.10 Å². The van der Waals surface area contributed by atoms with Gasteiger partial charge in [0, 0.05) is 50.5 Å². The third kappa shape index (κ3) is 3.65. The predicted octanol–water partition coefficient (Wildman–Crippen LogP) is 4.30. The van der Waals surface area contributed by atoms with Crippen LogP contribution >= 0.6 is 0 Å². The van der Waals surface area contributed by atoms with Gasteiger partial charge in [0.1, 0.15) is 12.4 Å². The van der Waals surface area contributed by atoms with Crippen LogP contribution in [0.1, 0.15) is 0 Å². The molecule has 0 N–H and O–H groups in total. The number of hydrogen-bond acceptors (Lipinski definition) is 4. The first kappa shape index (κ1) is 17.9. The first-order valence-corrected chi connectivity index (χ1v) is 12.9. The van der Waals surface area contributed by atoms with Crippen LogP contribution in [0, 0.1) is 0 Å². The minimum atomic E-state index is -1.11. The summed E-state index contributed by atoms with van der Waals surface area (Å²) < 4.78 is 9.95. The molecule has 4 rings (SSSR count). The van der Waals surface area contributed by atoms with Crippen LogP contribution in [-0.2, 0) is 18.5 Å². The summed E-state index contributed by atoms with van der Waals surface area (Å²) in [6.07, 6.45) is 7.54. The van der Waals surface area contributed by atoms with Crippen molar-refractivity contribution in [2.75, 3.05) is 6.61 Å². The van der Waals surface area contributed by atoms with Crippen molar-refractivity contribution in [2.24, 2.45) is 7.05 Å². The van der Waals surface area contributed by atoms with Gasteiger partial charge < -0.3 is 4.74 Å². The molecule has 7 heteroatoms. The van der Waals surface area contributed by atoms with Gasteiger partial charge in [-0.3, -0.25) is 14.2 Å². The van der Waals surface area contributed by atoms with Crippen molar-refractivity contribution in [1.82, 2.24) is 24.3 Å². The topological polar surface area (TPSA) is 57.8 Å². The maximum absolute atomic E-state index is 6.03. The first-order chi connectivity index (χ1) is 12.9. The first-order valence-electron chi connectivity index (χ1n) is 9.22. The Hall–Kier alpha value is -2.51. The quantitative estimate of drug-likeness (QED) is 0.370. The highest BCUT2D eigenvalue weighted by Crippen LogP contribution is 2.29. The molecule has 0 aliphatic rings. The number of aromatic nitrogens is 5. The SMILES string of the molecule is Cn1cc(-c2ccc3c4ccncc4n(COCC[Si](C)(C)C)c3n2)cn1. The Balaban J connectivity index is 1.74. The molecule has 27 heavy (non-hydrogen) atoms. The molecule has 4 aromatic heterocycles. The van der Waals surface area contributed by atoms with Gasteiger partial charge in [0.15, 0.2) is 0 Å². The molecule has 0 saturated heterocycles. The van der Waals surface area contributed by atoms with Gasteiger partial charge in [-0.1, -0.05) is 19.6 Å². The van der Waals surface area contributed by atoms with Crippen LogP contribution in [0.3, 0.4) is 0 Å². The Kier molecular flexibility index (Phi) is 4.57. The number of pyridine rings is 2. The van der Waals surface area contributed by atoms with E-state index in [0.29, 0.717) is 6.73 Å². The van der Waals surface area contributed by atoms with Crippen LogP contribution in [0.4, 0.5) is 0 Å². The average Bonchev–Trinajstić information content (AvgIpc) is 3.19. The third-order valence-electron chi connectivity index (χ3n) is 4.73. The minimum Gasteiger partial charge on any atom is -0.361 e. The van der Waals surface area contributed by atoms with Crippen molar-refractivity contribution < 1.29 is 4.74 Å². The van der Waals surface area contributed by atoms with E-state index in [1.807, 2.05) is 37.9 Å². The molecular formula is C20H25N5OSi. The molecule has 4 aromatic rings. The standard InChI is InChI=1S/C20H25N5OSi/c1-24-13-15(11-22-24)18-6-5-17-16-7-8-21-12-19(16)25(20(17)23-18)14-26-9-10-27(2,3)4/h5-8,11-13H,9-10,14H2,1-4H3. The van der Waals surface area contributed by atoms with Crippen LogP contribution in [0.25, 0.3) is 33.2 Å². The number of nitrogens with zero attached hydrogens (tertiary/aromatic N) is 5. The molecule has 0 atom stereocenters.